The number of aliphatic hydroxyl groups excluding tert-OH is 11. The normalized spacial score (nSPS) is 43.5. The van der Waals surface area contributed by atoms with E-state index in [9.17, 15) is 106 Å². The molecule has 0 aromatic rings. The summed E-state index contributed by atoms with van der Waals surface area (Å²) in [7, 11) is 0. The topological polar surface area (TPSA) is 531 Å². The van der Waals surface area contributed by atoms with E-state index in [-0.39, 0.29) is 19.6 Å². The first-order valence-electron chi connectivity index (χ1n) is 22.3. The van der Waals surface area contributed by atoms with Gasteiger partial charge < -0.3 is 140 Å². The highest BCUT2D eigenvalue weighted by molar-refractivity contribution is 5.75. The molecule has 5 fully saturated rings. The molecule has 5 saturated heterocycles. The van der Waals surface area contributed by atoms with Gasteiger partial charge in [-0.05, 0) is 32.6 Å². The molecule has 0 bridgehead atoms. The largest absolute Gasteiger partial charge is 0.479 e. The quantitative estimate of drug-likeness (QED) is 0.0504. The van der Waals surface area contributed by atoms with Gasteiger partial charge >= 0.3 is 29.8 Å². The van der Waals surface area contributed by atoms with Crippen LogP contribution in [-0.2, 0) is 71.3 Å². The molecule has 5 heterocycles. The predicted molar refractivity (Wildman–Crippen MR) is 220 cm³/mol. The van der Waals surface area contributed by atoms with Crippen molar-refractivity contribution in [2.24, 2.45) is 5.73 Å². The van der Waals surface area contributed by atoms with Crippen molar-refractivity contribution in [3.8, 4) is 0 Å². The minimum atomic E-state index is -2.56. The highest BCUT2D eigenvalue weighted by Gasteiger charge is 2.59. The Kier molecular flexibility index (Phi) is 22.7. The molecular weight excluding hydrogens is 992 g/mol. The van der Waals surface area contributed by atoms with Crippen molar-refractivity contribution in [3.05, 3.63) is 0 Å². The molecule has 0 spiro atoms. The van der Waals surface area contributed by atoms with Crippen LogP contribution in [0.25, 0.3) is 0 Å². The van der Waals surface area contributed by atoms with Crippen LogP contribution in [0.3, 0.4) is 0 Å². The zero-order chi connectivity index (χ0) is 54.2. The lowest BCUT2D eigenvalue weighted by Crippen LogP contribution is -2.69. The van der Waals surface area contributed by atoms with Crippen LogP contribution >= 0.6 is 0 Å². The van der Waals surface area contributed by atoms with Gasteiger partial charge in [0.25, 0.3) is 0 Å². The number of hydrogen-bond acceptors (Lipinski definition) is 28. The maximum atomic E-state index is 12.4. The molecular formula is C39H64N2O31. The van der Waals surface area contributed by atoms with Crippen molar-refractivity contribution in [2.45, 2.75) is 181 Å². The molecule has 0 radical (unpaired) electrons. The van der Waals surface area contributed by atoms with Gasteiger partial charge in [-0.3, -0.25) is 0 Å². The second-order valence-electron chi connectivity index (χ2n) is 16.7. The number of nitrogens with two attached hydrogens (primary N) is 1. The van der Waals surface area contributed by atoms with Crippen LogP contribution in [0.2, 0.25) is 0 Å². The predicted octanol–water partition coefficient (Wildman–Crippen LogP) is -9.74. The number of carboxylic acid groups (broad SMARTS) is 5. The summed E-state index contributed by atoms with van der Waals surface area (Å²) in [5.41, 5.74) is 5.37. The van der Waals surface area contributed by atoms with Crippen LogP contribution < -0.4 is 5.73 Å². The number of carbonyl (C=O) groups is 5. The summed E-state index contributed by atoms with van der Waals surface area (Å²) >= 11 is 0. The molecule has 33 heteroatoms. The lowest BCUT2D eigenvalue weighted by molar-refractivity contribution is -0.383. The van der Waals surface area contributed by atoms with Crippen molar-refractivity contribution in [1.29, 1.82) is 0 Å². The summed E-state index contributed by atoms with van der Waals surface area (Å²) in [5.74, 6) is -9.77. The molecule has 33 nitrogen and oxygen atoms in total. The molecule has 416 valence electrons. The Morgan fingerprint density at radius 1 is 0.389 bits per heavy atom. The third-order valence-corrected chi connectivity index (χ3v) is 12.1. The number of hydrogen-bond donors (Lipinski definition) is 17. The van der Waals surface area contributed by atoms with E-state index in [1.807, 2.05) is 0 Å². The van der Waals surface area contributed by atoms with Crippen LogP contribution in [0.1, 0.15) is 27.2 Å². The number of carboxylic acids is 5. The number of rotatable bonds is 20. The minimum absolute atomic E-state index is 0.131. The van der Waals surface area contributed by atoms with Gasteiger partial charge in [0.1, 0.15) is 91.6 Å². The lowest BCUT2D eigenvalue weighted by atomic mass is 9.95. The Balaban J connectivity index is 0.00000149. The average Bonchev–Trinajstić information content (AvgIpc) is 3.32. The fraction of sp³-hybridized carbons (Fsp3) is 0.872. The van der Waals surface area contributed by atoms with E-state index in [4.69, 9.17) is 53.1 Å². The third kappa shape index (κ3) is 13.8. The van der Waals surface area contributed by atoms with Gasteiger partial charge in [-0.1, -0.05) is 20.8 Å². The fourth-order valence-corrected chi connectivity index (χ4v) is 7.96. The summed E-state index contributed by atoms with van der Waals surface area (Å²) in [5, 5.41) is 166. The molecule has 0 amide bonds. The van der Waals surface area contributed by atoms with Crippen molar-refractivity contribution in [2.75, 3.05) is 32.8 Å². The Morgan fingerprint density at radius 2 is 0.639 bits per heavy atom. The van der Waals surface area contributed by atoms with Crippen LogP contribution in [0, 0.1) is 0 Å². The summed E-state index contributed by atoms with van der Waals surface area (Å²) in [4.78, 5) is 62.9. The second-order valence-corrected chi connectivity index (χ2v) is 16.7. The lowest BCUT2D eigenvalue weighted by Gasteiger charge is -2.48. The first-order chi connectivity index (χ1) is 33.8. The number of nitrogens with zero attached hydrogens (tertiary/aromatic N) is 1. The minimum Gasteiger partial charge on any atom is -0.479 e. The van der Waals surface area contributed by atoms with Crippen LogP contribution in [0.5, 0.6) is 0 Å². The summed E-state index contributed by atoms with van der Waals surface area (Å²) in [6.07, 6.45) is -58.3. The van der Waals surface area contributed by atoms with Gasteiger partial charge in [-0.2, -0.15) is 0 Å². The van der Waals surface area contributed by atoms with E-state index in [0.29, 0.717) is 0 Å². The number of aliphatic carboxylic acids is 5. The maximum absolute atomic E-state index is 12.4. The molecule has 0 saturated carbocycles. The van der Waals surface area contributed by atoms with Gasteiger partial charge in [0.2, 0.25) is 0 Å². The van der Waals surface area contributed by atoms with Crippen LogP contribution in [0.15, 0.2) is 0 Å². The van der Waals surface area contributed by atoms with E-state index in [2.05, 4.69) is 25.7 Å². The second kappa shape index (κ2) is 26.8. The molecule has 25 atom stereocenters. The van der Waals surface area contributed by atoms with Gasteiger partial charge in [-0.25, -0.2) is 24.0 Å². The molecule has 0 aromatic heterocycles. The third-order valence-electron chi connectivity index (χ3n) is 12.1. The SMILES string of the molecule is CCN(CC)CC.NCCCO[C@@H]1O[C@H](C(=O)O)[C@@H](O[C@@H]2O[C@H](C(=O)O)[C@@H](O[C@@H]3O[C@H](C(=O)O)[C@@H](O[C@@H]4O[C@H](C(=O)O)[C@@H](O[C@@H]5O[C@H](C(=O)O)[C@@H](O)[C@H](O)[C@@H]5O)[C@H](O)[C@@H]4O)[C@H](O)[C@@H]3O)[C@H](O)[C@@H]2O)[C@H](O)[C@@H]1O. The van der Waals surface area contributed by atoms with Gasteiger partial charge in [0, 0.05) is 0 Å². The Morgan fingerprint density at radius 3 is 0.889 bits per heavy atom. The summed E-state index contributed by atoms with van der Waals surface area (Å²) in [6, 6.07) is 0. The number of aliphatic hydroxyl groups is 11. The van der Waals surface area contributed by atoms with Crippen molar-refractivity contribution in [3.63, 3.8) is 0 Å². The smallest absolute Gasteiger partial charge is 0.335 e. The zero-order valence-corrected chi connectivity index (χ0v) is 38.5. The fourth-order valence-electron chi connectivity index (χ4n) is 7.96. The first kappa shape index (κ1) is 61.0. The van der Waals surface area contributed by atoms with E-state index < -0.39 is 183 Å². The standard InChI is InChI=1S/C33H49NO31.C6H15N/c34-2-1-3-56-29-11(42)6(37)15(20(62-29)25(48)49)58-31-13(44)8(39)17(22(64-31)27(52)53)60-33-14(45)9(40)18(23(65-33)28(54)55)59-32-12(43)7(38)16(21(63-32)26(50)51)57-30-10(41)4(35)5(36)19(61-30)24(46)47;1-4-7(5-2)6-3/h4-23,29-33,35-45H,1-3,34H2,(H,46,47)(H,48,49)(H,50,51)(H,52,53)(H,54,55);4-6H2,1-3H3/t4-,5-,6+,7+,8+,9+,10-,11-,12-,13-,14-,15-,16-,17-,18-,19-,20-,21-,22-,23-,29+,30+,31+,32+,33+;/m0./s1. The first-order valence-corrected chi connectivity index (χ1v) is 22.3. The van der Waals surface area contributed by atoms with Crippen LogP contribution in [0.4, 0.5) is 0 Å². The van der Waals surface area contributed by atoms with Crippen molar-refractivity contribution in [1.82, 2.24) is 4.90 Å². The molecule has 5 aliphatic rings. The van der Waals surface area contributed by atoms with Gasteiger partial charge in [0.05, 0.1) is 6.61 Å². The highest BCUT2D eigenvalue weighted by Crippen LogP contribution is 2.36. The Hall–Kier alpha value is -3.57. The molecule has 0 unspecified atom stereocenters. The molecule has 0 aromatic carbocycles. The monoisotopic (exact) mass is 1060 g/mol. The van der Waals surface area contributed by atoms with E-state index >= 15 is 0 Å². The highest BCUT2D eigenvalue weighted by atomic mass is 16.8. The maximum Gasteiger partial charge on any atom is 0.335 e. The van der Waals surface area contributed by atoms with Crippen molar-refractivity contribution >= 4 is 29.8 Å². The molecule has 5 rings (SSSR count). The Bertz CT molecular complexity index is 1780. The molecule has 5 aliphatic heterocycles. The van der Waals surface area contributed by atoms with Crippen LogP contribution in [-0.4, -0.2) is 303 Å². The summed E-state index contributed by atoms with van der Waals surface area (Å²) in [6.45, 7) is 10.1. The van der Waals surface area contributed by atoms with Gasteiger partial charge in [0.15, 0.2) is 62.0 Å². The van der Waals surface area contributed by atoms with E-state index in [0.717, 1.165) is 0 Å². The molecule has 0 aliphatic carbocycles. The van der Waals surface area contributed by atoms with Crippen molar-refractivity contribution < 1.29 is 153 Å². The Labute approximate surface area is 406 Å². The van der Waals surface area contributed by atoms with E-state index in [1.54, 1.807) is 0 Å². The number of ether oxygens (including phenoxy) is 10. The molecule has 72 heavy (non-hydrogen) atoms. The van der Waals surface area contributed by atoms with Gasteiger partial charge in [-0.15, -0.1) is 0 Å². The molecule has 18 N–H and O–H groups in total. The average molecular weight is 1060 g/mol. The zero-order valence-electron chi connectivity index (χ0n) is 38.5. The van der Waals surface area contributed by atoms with E-state index in [1.165, 1.54) is 19.6 Å². The summed E-state index contributed by atoms with van der Waals surface area (Å²) < 4.78 is 52.1.